The van der Waals surface area contributed by atoms with E-state index in [1.54, 1.807) is 19.9 Å². The van der Waals surface area contributed by atoms with Crippen LogP contribution in [0.2, 0.25) is 0 Å². The van der Waals surface area contributed by atoms with Crippen molar-refractivity contribution in [1.29, 1.82) is 0 Å². The highest BCUT2D eigenvalue weighted by Gasteiger charge is 2.34. The molecular formula is C26H27ClF3NO5. The summed E-state index contributed by atoms with van der Waals surface area (Å²) in [4.78, 5) is 12.7. The van der Waals surface area contributed by atoms with Gasteiger partial charge in [-0.1, -0.05) is 17.7 Å². The number of rotatable bonds is 8. The summed E-state index contributed by atoms with van der Waals surface area (Å²) < 4.78 is 56.8. The molecular weight excluding hydrogens is 499 g/mol. The molecule has 36 heavy (non-hydrogen) atoms. The number of likely N-dealkylation sites (tertiary alicyclic amines) is 1. The van der Waals surface area contributed by atoms with Crippen molar-refractivity contribution in [1.82, 2.24) is 4.90 Å². The van der Waals surface area contributed by atoms with Crippen LogP contribution in [0.4, 0.5) is 18.0 Å². The molecule has 0 aromatic heterocycles. The molecule has 1 aliphatic carbocycles. The summed E-state index contributed by atoms with van der Waals surface area (Å²) in [5, 5.41) is 9.33. The molecule has 1 N–H and O–H groups in total. The van der Waals surface area contributed by atoms with Crippen LogP contribution in [0.25, 0.3) is 5.03 Å². The van der Waals surface area contributed by atoms with Crippen molar-refractivity contribution in [3.63, 3.8) is 0 Å². The number of carbonyl (C=O) groups is 1. The van der Waals surface area contributed by atoms with Crippen molar-refractivity contribution in [2.24, 2.45) is 0 Å². The smallest absolute Gasteiger partial charge is 0.491 e. The fourth-order valence-corrected chi connectivity index (χ4v) is 4.74. The number of aryl methyl sites for hydroxylation is 1. The van der Waals surface area contributed by atoms with E-state index in [0.29, 0.717) is 30.4 Å². The van der Waals surface area contributed by atoms with Crippen molar-refractivity contribution in [2.45, 2.75) is 51.7 Å². The molecule has 1 saturated heterocycles. The highest BCUT2D eigenvalue weighted by molar-refractivity contribution is 6.49. The highest BCUT2D eigenvalue weighted by atomic mass is 35.5. The van der Waals surface area contributed by atoms with Crippen molar-refractivity contribution in [2.75, 3.05) is 19.6 Å². The Morgan fingerprint density at radius 3 is 2.53 bits per heavy atom. The fourth-order valence-electron chi connectivity index (χ4n) is 4.41. The van der Waals surface area contributed by atoms with Crippen LogP contribution in [-0.2, 0) is 23.9 Å². The molecule has 0 radical (unpaired) electrons. The minimum atomic E-state index is -4.53. The summed E-state index contributed by atoms with van der Waals surface area (Å²) in [6.07, 6.45) is -4.90. The lowest BCUT2D eigenvalue weighted by molar-refractivity contribution is -0.138. The third-order valence-corrected chi connectivity index (χ3v) is 6.55. The van der Waals surface area contributed by atoms with Crippen LogP contribution in [0.15, 0.2) is 42.0 Å². The van der Waals surface area contributed by atoms with Gasteiger partial charge in [0, 0.05) is 30.2 Å². The van der Waals surface area contributed by atoms with Crippen LogP contribution in [-0.4, -0.2) is 48.0 Å². The van der Waals surface area contributed by atoms with Crippen molar-refractivity contribution in [3.05, 3.63) is 64.2 Å². The Morgan fingerprint density at radius 2 is 1.86 bits per heavy atom. The van der Waals surface area contributed by atoms with Gasteiger partial charge in [0.05, 0.1) is 11.7 Å². The maximum absolute atomic E-state index is 13.6. The predicted molar refractivity (Wildman–Crippen MR) is 128 cm³/mol. The Balaban J connectivity index is 1.42. The van der Waals surface area contributed by atoms with Crippen LogP contribution >= 0.6 is 11.6 Å². The lowest BCUT2D eigenvalue weighted by Gasteiger charge is -2.38. The van der Waals surface area contributed by atoms with E-state index in [-0.39, 0.29) is 30.1 Å². The molecule has 4 rings (SSSR count). The molecule has 0 saturated carbocycles. The van der Waals surface area contributed by atoms with E-state index in [9.17, 15) is 18.0 Å². The van der Waals surface area contributed by atoms with Gasteiger partial charge in [0.2, 0.25) is 0 Å². The maximum Gasteiger partial charge on any atom is 0.506 e. The van der Waals surface area contributed by atoms with Crippen LogP contribution in [0.3, 0.4) is 0 Å². The number of ether oxygens (including phenoxy) is 3. The molecule has 1 aliphatic heterocycles. The topological polar surface area (TPSA) is 68.2 Å². The molecule has 10 heteroatoms. The molecule has 194 valence electrons. The molecule has 2 aromatic carbocycles. The molecule has 0 bridgehead atoms. The standard InChI is InChI=1S/C26H27ClF3NO5/c1-15(2)35-20-6-5-18(23(10-20)26(28,29)30)14-34-19-7-8-22-16(9-19)3-4-17(24(22)27)11-31-12-21(13-31)36-25(32)33/h5-10,15,21H,3-4,11-14H2,1-2H3,(H,32,33). The van der Waals surface area contributed by atoms with E-state index in [0.717, 1.165) is 35.6 Å². The third-order valence-electron chi connectivity index (χ3n) is 6.08. The van der Waals surface area contributed by atoms with Crippen LogP contribution < -0.4 is 9.47 Å². The molecule has 2 aromatic rings. The number of fused-ring (bicyclic) bond motifs is 1. The monoisotopic (exact) mass is 525 g/mol. The second kappa shape index (κ2) is 10.6. The zero-order chi connectivity index (χ0) is 26.0. The summed E-state index contributed by atoms with van der Waals surface area (Å²) >= 11 is 6.66. The SMILES string of the molecule is CC(C)Oc1ccc(COc2ccc3c(c2)CCC(CN2CC(OC(=O)O)C2)=C3Cl)c(C(F)(F)F)c1. The van der Waals surface area contributed by atoms with Crippen LogP contribution in [0, 0.1) is 0 Å². The second-order valence-electron chi connectivity index (χ2n) is 9.21. The average Bonchev–Trinajstić information content (AvgIpc) is 2.77. The predicted octanol–water partition coefficient (Wildman–Crippen LogP) is 6.35. The van der Waals surface area contributed by atoms with E-state index in [1.165, 1.54) is 12.1 Å². The first-order chi connectivity index (χ1) is 17.0. The zero-order valence-corrected chi connectivity index (χ0v) is 20.7. The number of nitrogens with zero attached hydrogens (tertiary/aromatic N) is 1. The van der Waals surface area contributed by atoms with Gasteiger partial charge in [-0.15, -0.1) is 0 Å². The summed E-state index contributed by atoms with van der Waals surface area (Å²) in [6, 6.07) is 9.24. The molecule has 0 unspecified atom stereocenters. The van der Waals surface area contributed by atoms with E-state index in [4.69, 9.17) is 30.9 Å². The van der Waals surface area contributed by atoms with Gasteiger partial charge in [-0.3, -0.25) is 4.90 Å². The molecule has 6 nitrogen and oxygen atoms in total. The molecule has 0 atom stereocenters. The average molecular weight is 526 g/mol. The number of benzene rings is 2. The second-order valence-corrected chi connectivity index (χ2v) is 9.59. The van der Waals surface area contributed by atoms with Gasteiger partial charge in [-0.2, -0.15) is 13.2 Å². The Bertz CT molecular complexity index is 1160. The van der Waals surface area contributed by atoms with Crippen LogP contribution in [0.1, 0.15) is 42.5 Å². The molecule has 2 aliphatic rings. The number of hydrogen-bond donors (Lipinski definition) is 1. The van der Waals surface area contributed by atoms with Gasteiger partial charge in [0.15, 0.2) is 0 Å². The lowest BCUT2D eigenvalue weighted by atomic mass is 9.91. The van der Waals surface area contributed by atoms with E-state index in [2.05, 4.69) is 4.90 Å². The van der Waals surface area contributed by atoms with Gasteiger partial charge in [0.25, 0.3) is 0 Å². The molecule has 0 amide bonds. The minimum Gasteiger partial charge on any atom is -0.491 e. The summed E-state index contributed by atoms with van der Waals surface area (Å²) in [5.74, 6) is 0.629. The number of carboxylic acid groups (broad SMARTS) is 1. The van der Waals surface area contributed by atoms with E-state index >= 15 is 0 Å². The summed E-state index contributed by atoms with van der Waals surface area (Å²) in [6.45, 7) is 4.96. The Kier molecular flexibility index (Phi) is 7.70. The Morgan fingerprint density at radius 1 is 1.14 bits per heavy atom. The first kappa shape index (κ1) is 26.2. The highest BCUT2D eigenvalue weighted by Crippen LogP contribution is 2.38. The van der Waals surface area contributed by atoms with E-state index < -0.39 is 17.9 Å². The summed E-state index contributed by atoms with van der Waals surface area (Å²) in [5.41, 5.74) is 2.14. The van der Waals surface area contributed by atoms with Gasteiger partial charge in [-0.25, -0.2) is 4.79 Å². The molecule has 1 fully saturated rings. The first-order valence-corrected chi connectivity index (χ1v) is 12.0. The van der Waals surface area contributed by atoms with Crippen LogP contribution in [0.5, 0.6) is 11.5 Å². The quantitative estimate of drug-likeness (QED) is 0.405. The molecule has 0 spiro atoms. The largest absolute Gasteiger partial charge is 0.506 e. The Labute approximate surface area is 212 Å². The number of alkyl halides is 3. The zero-order valence-electron chi connectivity index (χ0n) is 19.9. The van der Waals surface area contributed by atoms with E-state index in [1.807, 2.05) is 12.1 Å². The van der Waals surface area contributed by atoms with Gasteiger partial charge < -0.3 is 19.3 Å². The first-order valence-electron chi connectivity index (χ1n) is 11.6. The number of halogens is 4. The lowest BCUT2D eigenvalue weighted by Crippen LogP contribution is -2.53. The normalized spacial score (nSPS) is 16.5. The number of hydrogen-bond acceptors (Lipinski definition) is 5. The van der Waals surface area contributed by atoms with Gasteiger partial charge in [-0.05, 0) is 73.7 Å². The fraction of sp³-hybridized carbons (Fsp3) is 0.423. The van der Waals surface area contributed by atoms with Gasteiger partial charge in [0.1, 0.15) is 24.2 Å². The molecule has 1 heterocycles. The Hall–Kier alpha value is -2.91. The summed E-state index contributed by atoms with van der Waals surface area (Å²) in [7, 11) is 0. The van der Waals surface area contributed by atoms with Crippen molar-refractivity contribution >= 4 is 22.8 Å². The van der Waals surface area contributed by atoms with Crippen molar-refractivity contribution < 1.29 is 37.3 Å². The minimum absolute atomic E-state index is 0.0243. The maximum atomic E-state index is 13.6. The third kappa shape index (κ3) is 6.25. The van der Waals surface area contributed by atoms with Crippen molar-refractivity contribution in [3.8, 4) is 11.5 Å². The van der Waals surface area contributed by atoms with Gasteiger partial charge >= 0.3 is 12.3 Å².